The Labute approximate surface area is 115 Å². The van der Waals surface area contributed by atoms with E-state index >= 15 is 0 Å². The first-order valence-electron chi connectivity index (χ1n) is 6.10. The van der Waals surface area contributed by atoms with Crippen LogP contribution in [0.5, 0.6) is 5.75 Å². The van der Waals surface area contributed by atoms with Gasteiger partial charge in [0.15, 0.2) is 0 Å². The molecule has 0 amide bonds. The lowest BCUT2D eigenvalue weighted by molar-refractivity contribution is -0.137. The summed E-state index contributed by atoms with van der Waals surface area (Å²) < 4.78 is 15.0. The molecular weight excluding hydrogens is 260 g/mol. The Kier molecular flexibility index (Phi) is 4.20. The van der Waals surface area contributed by atoms with E-state index < -0.39 is 11.6 Å². The summed E-state index contributed by atoms with van der Waals surface area (Å²) in [6.45, 7) is 2.00. The van der Waals surface area contributed by atoms with Crippen LogP contribution in [0, 0.1) is 0 Å². The fraction of sp³-hybridized carbons (Fsp3) is 0.200. The number of hydrogen-bond donors (Lipinski definition) is 0. The summed E-state index contributed by atoms with van der Waals surface area (Å²) in [7, 11) is 1.56. The van der Waals surface area contributed by atoms with Gasteiger partial charge in [0.1, 0.15) is 11.3 Å². The molecule has 1 heterocycles. The van der Waals surface area contributed by atoms with Gasteiger partial charge in [-0.2, -0.15) is 0 Å². The number of ether oxygens (including phenoxy) is 2. The molecule has 2 aromatic rings. The fourth-order valence-corrected chi connectivity index (χ4v) is 1.71. The quantitative estimate of drug-likeness (QED) is 0.486. The predicted molar refractivity (Wildman–Crippen MR) is 74.7 cm³/mol. The second-order valence-electron chi connectivity index (χ2n) is 3.98. The topological polar surface area (TPSA) is 65.7 Å². The van der Waals surface area contributed by atoms with E-state index in [-0.39, 0.29) is 12.2 Å². The van der Waals surface area contributed by atoms with Crippen LogP contribution in [0.3, 0.4) is 0 Å². The van der Waals surface area contributed by atoms with Crippen LogP contribution in [0.4, 0.5) is 0 Å². The lowest BCUT2D eigenvalue weighted by Crippen LogP contribution is -2.04. The van der Waals surface area contributed by atoms with Crippen molar-refractivity contribution in [3.8, 4) is 5.75 Å². The third-order valence-corrected chi connectivity index (χ3v) is 2.65. The van der Waals surface area contributed by atoms with Crippen LogP contribution < -0.4 is 10.4 Å². The molecule has 0 aliphatic heterocycles. The van der Waals surface area contributed by atoms with Crippen molar-refractivity contribution >= 4 is 23.0 Å². The maximum Gasteiger partial charge on any atom is 0.343 e. The van der Waals surface area contributed by atoms with Crippen LogP contribution in [0.15, 0.2) is 39.6 Å². The molecule has 5 heteroatoms. The zero-order valence-electron chi connectivity index (χ0n) is 11.2. The van der Waals surface area contributed by atoms with E-state index in [1.807, 2.05) is 0 Å². The molecule has 0 aliphatic rings. The first kappa shape index (κ1) is 13.9. The molecule has 5 nitrogen and oxygen atoms in total. The molecular formula is C15H14O5. The minimum absolute atomic E-state index is 0.277. The van der Waals surface area contributed by atoms with Crippen molar-refractivity contribution < 1.29 is 18.7 Å². The summed E-state index contributed by atoms with van der Waals surface area (Å²) in [5, 5.41) is 0.715. The molecule has 0 radical (unpaired) electrons. The minimum Gasteiger partial charge on any atom is -0.497 e. The van der Waals surface area contributed by atoms with Crippen molar-refractivity contribution in [2.75, 3.05) is 13.7 Å². The van der Waals surface area contributed by atoms with Crippen molar-refractivity contribution in [2.45, 2.75) is 6.92 Å². The summed E-state index contributed by atoms with van der Waals surface area (Å²) in [5.74, 6) is 0.157. The number of carbonyl (C=O) groups is 1. The van der Waals surface area contributed by atoms with E-state index in [2.05, 4.69) is 0 Å². The van der Waals surface area contributed by atoms with Crippen molar-refractivity contribution in [1.82, 2.24) is 0 Å². The molecule has 1 aromatic carbocycles. The molecule has 2 rings (SSSR count). The summed E-state index contributed by atoms with van der Waals surface area (Å²) in [5.41, 5.74) is 0.228. The van der Waals surface area contributed by atoms with Gasteiger partial charge in [-0.1, -0.05) is 0 Å². The molecule has 104 valence electrons. The highest BCUT2D eigenvalue weighted by molar-refractivity contribution is 5.88. The molecule has 1 aromatic heterocycles. The van der Waals surface area contributed by atoms with E-state index in [0.29, 0.717) is 16.7 Å². The molecule has 0 saturated heterocycles. The van der Waals surface area contributed by atoms with E-state index in [4.69, 9.17) is 13.9 Å². The SMILES string of the molecule is CCOC(=O)C=Cc1cc2cc(OC)ccc2oc1=O. The van der Waals surface area contributed by atoms with Gasteiger partial charge in [0.05, 0.1) is 19.3 Å². The van der Waals surface area contributed by atoms with Gasteiger partial charge < -0.3 is 13.9 Å². The molecule has 0 spiro atoms. The van der Waals surface area contributed by atoms with Crippen molar-refractivity contribution in [2.24, 2.45) is 0 Å². The molecule has 0 aliphatic carbocycles. The lowest BCUT2D eigenvalue weighted by Gasteiger charge is -2.02. The Morgan fingerprint density at radius 1 is 1.35 bits per heavy atom. The van der Waals surface area contributed by atoms with Gasteiger partial charge >= 0.3 is 11.6 Å². The average Bonchev–Trinajstić information content (AvgIpc) is 2.45. The van der Waals surface area contributed by atoms with Gasteiger partial charge in [0.2, 0.25) is 0 Å². The Hall–Kier alpha value is -2.56. The number of hydrogen-bond acceptors (Lipinski definition) is 5. The number of methoxy groups -OCH3 is 1. The molecule has 0 saturated carbocycles. The first-order chi connectivity index (χ1) is 9.63. The zero-order valence-corrected chi connectivity index (χ0v) is 11.2. The second kappa shape index (κ2) is 6.06. The average molecular weight is 274 g/mol. The summed E-state index contributed by atoms with van der Waals surface area (Å²) in [6.07, 6.45) is 2.57. The Bertz CT molecular complexity index is 712. The molecule has 0 bridgehead atoms. The van der Waals surface area contributed by atoms with Gasteiger partial charge in [-0.3, -0.25) is 0 Å². The van der Waals surface area contributed by atoms with Crippen molar-refractivity contribution in [3.63, 3.8) is 0 Å². The molecule has 0 unspecified atom stereocenters. The number of fused-ring (bicyclic) bond motifs is 1. The molecule has 0 fully saturated rings. The van der Waals surface area contributed by atoms with Crippen LogP contribution in [-0.2, 0) is 9.53 Å². The third-order valence-electron chi connectivity index (χ3n) is 2.65. The fourth-order valence-electron chi connectivity index (χ4n) is 1.71. The van der Waals surface area contributed by atoms with Crippen molar-refractivity contribution in [1.29, 1.82) is 0 Å². The van der Waals surface area contributed by atoms with Crippen molar-refractivity contribution in [3.05, 3.63) is 46.3 Å². The lowest BCUT2D eigenvalue weighted by atomic mass is 10.1. The number of rotatable bonds is 4. The summed E-state index contributed by atoms with van der Waals surface area (Å²) in [6, 6.07) is 6.76. The standard InChI is InChI=1S/C15H14O5/c1-3-19-14(16)7-4-10-8-11-9-12(18-2)5-6-13(11)20-15(10)17/h4-9H,3H2,1-2H3. The predicted octanol–water partition coefficient (Wildman–Crippen LogP) is 2.38. The Morgan fingerprint density at radius 3 is 2.85 bits per heavy atom. The highest BCUT2D eigenvalue weighted by Gasteiger charge is 2.05. The molecule has 0 N–H and O–H groups in total. The van der Waals surface area contributed by atoms with Gasteiger partial charge in [0, 0.05) is 11.5 Å². The maximum absolute atomic E-state index is 11.8. The van der Waals surface area contributed by atoms with Gasteiger partial charge in [-0.25, -0.2) is 9.59 Å². The van der Waals surface area contributed by atoms with Crippen LogP contribution in [-0.4, -0.2) is 19.7 Å². The summed E-state index contributed by atoms with van der Waals surface area (Å²) >= 11 is 0. The smallest absolute Gasteiger partial charge is 0.343 e. The zero-order chi connectivity index (χ0) is 14.5. The van der Waals surface area contributed by atoms with E-state index in [0.717, 1.165) is 0 Å². The van der Waals surface area contributed by atoms with E-state index in [1.54, 1.807) is 38.3 Å². The van der Waals surface area contributed by atoms with Crippen LogP contribution >= 0.6 is 0 Å². The largest absolute Gasteiger partial charge is 0.497 e. The Morgan fingerprint density at radius 2 is 2.15 bits per heavy atom. The third kappa shape index (κ3) is 3.06. The van der Waals surface area contributed by atoms with Crippen LogP contribution in [0.25, 0.3) is 17.0 Å². The highest BCUT2D eigenvalue weighted by Crippen LogP contribution is 2.20. The van der Waals surface area contributed by atoms with Crippen LogP contribution in [0.2, 0.25) is 0 Å². The first-order valence-corrected chi connectivity index (χ1v) is 6.10. The van der Waals surface area contributed by atoms with E-state index in [1.165, 1.54) is 12.2 Å². The second-order valence-corrected chi connectivity index (χ2v) is 3.98. The van der Waals surface area contributed by atoms with Gasteiger partial charge in [-0.15, -0.1) is 0 Å². The Balaban J connectivity index is 2.40. The number of benzene rings is 1. The van der Waals surface area contributed by atoms with Gasteiger partial charge in [-0.05, 0) is 37.3 Å². The molecule has 20 heavy (non-hydrogen) atoms. The normalized spacial score (nSPS) is 10.9. The monoisotopic (exact) mass is 274 g/mol. The molecule has 0 atom stereocenters. The van der Waals surface area contributed by atoms with Crippen LogP contribution in [0.1, 0.15) is 12.5 Å². The minimum atomic E-state index is -0.511. The maximum atomic E-state index is 11.8. The highest BCUT2D eigenvalue weighted by atomic mass is 16.5. The number of carbonyl (C=O) groups excluding carboxylic acids is 1. The van der Waals surface area contributed by atoms with Gasteiger partial charge in [0.25, 0.3) is 0 Å². The summed E-state index contributed by atoms with van der Waals surface area (Å²) in [4.78, 5) is 23.0. The number of esters is 1. The van der Waals surface area contributed by atoms with E-state index in [9.17, 15) is 9.59 Å².